The SMILES string of the molecule is CC(C)CCCC1CCC(CO)CC1. The molecule has 0 atom stereocenters. The van der Waals surface area contributed by atoms with Crippen LogP contribution in [0.15, 0.2) is 0 Å². The molecule has 0 aromatic heterocycles. The molecule has 1 heteroatoms. The van der Waals surface area contributed by atoms with Crippen molar-refractivity contribution in [1.29, 1.82) is 0 Å². The third-order valence-electron chi connectivity index (χ3n) is 3.62. The van der Waals surface area contributed by atoms with Gasteiger partial charge in [-0.3, -0.25) is 0 Å². The Morgan fingerprint density at radius 1 is 1.07 bits per heavy atom. The average molecular weight is 198 g/mol. The second-order valence-corrected chi connectivity index (χ2v) is 5.39. The third kappa shape index (κ3) is 4.45. The minimum atomic E-state index is 0.415. The zero-order chi connectivity index (χ0) is 10.4. The van der Waals surface area contributed by atoms with Crippen molar-refractivity contribution in [3.63, 3.8) is 0 Å². The predicted molar refractivity (Wildman–Crippen MR) is 61.2 cm³/mol. The highest BCUT2D eigenvalue weighted by atomic mass is 16.3. The van der Waals surface area contributed by atoms with E-state index in [9.17, 15) is 0 Å². The summed E-state index contributed by atoms with van der Waals surface area (Å²) in [5, 5.41) is 9.03. The second-order valence-electron chi connectivity index (χ2n) is 5.39. The Morgan fingerprint density at radius 3 is 2.14 bits per heavy atom. The van der Waals surface area contributed by atoms with Crippen LogP contribution in [-0.2, 0) is 0 Å². The predicted octanol–water partition coefficient (Wildman–Crippen LogP) is 3.61. The third-order valence-corrected chi connectivity index (χ3v) is 3.62. The van der Waals surface area contributed by atoms with Crippen molar-refractivity contribution in [3.05, 3.63) is 0 Å². The van der Waals surface area contributed by atoms with Crippen LogP contribution < -0.4 is 0 Å². The Hall–Kier alpha value is -0.0400. The molecule has 0 heterocycles. The van der Waals surface area contributed by atoms with E-state index in [1.807, 2.05) is 0 Å². The lowest BCUT2D eigenvalue weighted by molar-refractivity contribution is 0.163. The van der Waals surface area contributed by atoms with Crippen LogP contribution in [0.2, 0.25) is 0 Å². The van der Waals surface area contributed by atoms with Gasteiger partial charge in [0.05, 0.1) is 0 Å². The van der Waals surface area contributed by atoms with Gasteiger partial charge in [-0.05, 0) is 30.6 Å². The van der Waals surface area contributed by atoms with Crippen molar-refractivity contribution >= 4 is 0 Å². The van der Waals surface area contributed by atoms with Gasteiger partial charge in [-0.1, -0.05) is 46.0 Å². The summed E-state index contributed by atoms with van der Waals surface area (Å²) < 4.78 is 0. The highest BCUT2D eigenvalue weighted by Gasteiger charge is 2.19. The normalized spacial score (nSPS) is 28.3. The van der Waals surface area contributed by atoms with E-state index in [0.717, 1.165) is 11.8 Å². The maximum atomic E-state index is 9.03. The molecule has 0 spiro atoms. The van der Waals surface area contributed by atoms with E-state index in [1.54, 1.807) is 0 Å². The minimum Gasteiger partial charge on any atom is -0.396 e. The van der Waals surface area contributed by atoms with Crippen LogP contribution in [0, 0.1) is 17.8 Å². The van der Waals surface area contributed by atoms with Gasteiger partial charge in [-0.15, -0.1) is 0 Å². The van der Waals surface area contributed by atoms with Gasteiger partial charge < -0.3 is 5.11 Å². The van der Waals surface area contributed by atoms with Crippen LogP contribution in [0.5, 0.6) is 0 Å². The van der Waals surface area contributed by atoms with Crippen molar-refractivity contribution in [2.45, 2.75) is 58.8 Å². The lowest BCUT2D eigenvalue weighted by Crippen LogP contribution is -2.17. The molecule has 1 aliphatic rings. The fourth-order valence-electron chi connectivity index (χ4n) is 2.52. The Kier molecular flexibility index (Phi) is 5.54. The van der Waals surface area contributed by atoms with Crippen molar-refractivity contribution < 1.29 is 5.11 Å². The van der Waals surface area contributed by atoms with Crippen LogP contribution in [0.4, 0.5) is 0 Å². The maximum absolute atomic E-state index is 9.03. The number of hydrogen-bond acceptors (Lipinski definition) is 1. The van der Waals surface area contributed by atoms with Gasteiger partial charge in [0.15, 0.2) is 0 Å². The molecule has 1 N–H and O–H groups in total. The summed E-state index contributed by atoms with van der Waals surface area (Å²) in [5.74, 6) is 2.46. The average Bonchev–Trinajstić information content (AvgIpc) is 2.18. The van der Waals surface area contributed by atoms with E-state index in [0.29, 0.717) is 12.5 Å². The van der Waals surface area contributed by atoms with Gasteiger partial charge in [0.2, 0.25) is 0 Å². The molecule has 1 nitrogen and oxygen atoms in total. The molecule has 1 saturated carbocycles. The van der Waals surface area contributed by atoms with Crippen molar-refractivity contribution in [3.8, 4) is 0 Å². The summed E-state index contributed by atoms with van der Waals surface area (Å²) in [6.45, 7) is 5.03. The Balaban J connectivity index is 2.04. The molecule has 0 aliphatic heterocycles. The summed E-state index contributed by atoms with van der Waals surface area (Å²) in [6, 6.07) is 0. The van der Waals surface area contributed by atoms with Gasteiger partial charge in [-0.2, -0.15) is 0 Å². The van der Waals surface area contributed by atoms with Crippen LogP contribution in [0.1, 0.15) is 58.8 Å². The summed E-state index contributed by atoms with van der Waals surface area (Å²) in [4.78, 5) is 0. The van der Waals surface area contributed by atoms with Crippen molar-refractivity contribution in [2.75, 3.05) is 6.61 Å². The van der Waals surface area contributed by atoms with Gasteiger partial charge in [-0.25, -0.2) is 0 Å². The summed E-state index contributed by atoms with van der Waals surface area (Å²) in [6.07, 6.45) is 9.49. The highest BCUT2D eigenvalue weighted by molar-refractivity contribution is 4.72. The standard InChI is InChI=1S/C13H26O/c1-11(2)4-3-5-12-6-8-13(10-14)9-7-12/h11-14H,3-10H2,1-2H3. The molecule has 0 aromatic rings. The molecule has 1 rings (SSSR count). The minimum absolute atomic E-state index is 0.415. The first-order valence-corrected chi connectivity index (χ1v) is 6.33. The molecule has 1 fully saturated rings. The monoisotopic (exact) mass is 198 g/mol. The Labute approximate surface area is 88.9 Å². The molecule has 1 aliphatic carbocycles. The molecule has 0 saturated heterocycles. The maximum Gasteiger partial charge on any atom is 0.0459 e. The molecule has 0 aromatic carbocycles. The second kappa shape index (κ2) is 6.44. The summed E-state index contributed by atoms with van der Waals surface area (Å²) in [5.41, 5.74) is 0. The van der Waals surface area contributed by atoms with E-state index in [2.05, 4.69) is 13.8 Å². The Morgan fingerprint density at radius 2 is 1.64 bits per heavy atom. The molecule has 0 radical (unpaired) electrons. The molecular formula is C13H26O. The van der Waals surface area contributed by atoms with E-state index < -0.39 is 0 Å². The van der Waals surface area contributed by atoms with Crippen molar-refractivity contribution in [2.24, 2.45) is 17.8 Å². The summed E-state index contributed by atoms with van der Waals surface area (Å²) in [7, 11) is 0. The largest absolute Gasteiger partial charge is 0.396 e. The highest BCUT2D eigenvalue weighted by Crippen LogP contribution is 2.31. The zero-order valence-corrected chi connectivity index (χ0v) is 9.84. The van der Waals surface area contributed by atoms with Crippen LogP contribution in [-0.4, -0.2) is 11.7 Å². The van der Waals surface area contributed by atoms with Crippen LogP contribution in [0.3, 0.4) is 0 Å². The molecule has 0 unspecified atom stereocenters. The van der Waals surface area contributed by atoms with E-state index in [4.69, 9.17) is 5.11 Å². The van der Waals surface area contributed by atoms with Gasteiger partial charge in [0, 0.05) is 6.61 Å². The fourth-order valence-corrected chi connectivity index (χ4v) is 2.52. The first-order valence-electron chi connectivity index (χ1n) is 6.33. The number of aliphatic hydroxyl groups is 1. The number of hydrogen-bond donors (Lipinski definition) is 1. The molecular weight excluding hydrogens is 172 g/mol. The Bertz CT molecular complexity index is 134. The molecule has 0 bridgehead atoms. The van der Waals surface area contributed by atoms with E-state index in [-0.39, 0.29) is 0 Å². The lowest BCUT2D eigenvalue weighted by atomic mass is 9.80. The van der Waals surface area contributed by atoms with Crippen LogP contribution >= 0.6 is 0 Å². The molecule has 0 amide bonds. The first kappa shape index (κ1) is 12.0. The molecule has 84 valence electrons. The quantitative estimate of drug-likeness (QED) is 0.715. The molecule has 14 heavy (non-hydrogen) atoms. The van der Waals surface area contributed by atoms with E-state index in [1.165, 1.54) is 44.9 Å². The van der Waals surface area contributed by atoms with E-state index >= 15 is 0 Å². The summed E-state index contributed by atoms with van der Waals surface area (Å²) >= 11 is 0. The number of rotatable bonds is 5. The fraction of sp³-hybridized carbons (Fsp3) is 1.00. The smallest absolute Gasteiger partial charge is 0.0459 e. The first-order chi connectivity index (χ1) is 6.72. The van der Waals surface area contributed by atoms with Gasteiger partial charge in [0.1, 0.15) is 0 Å². The topological polar surface area (TPSA) is 20.2 Å². The lowest BCUT2D eigenvalue weighted by Gasteiger charge is -2.27. The number of aliphatic hydroxyl groups excluding tert-OH is 1. The van der Waals surface area contributed by atoms with Crippen LogP contribution in [0.25, 0.3) is 0 Å². The van der Waals surface area contributed by atoms with Gasteiger partial charge in [0.25, 0.3) is 0 Å². The van der Waals surface area contributed by atoms with Crippen molar-refractivity contribution in [1.82, 2.24) is 0 Å². The van der Waals surface area contributed by atoms with Gasteiger partial charge >= 0.3 is 0 Å². The zero-order valence-electron chi connectivity index (χ0n) is 9.84.